The molecule has 1 aromatic carbocycles. The van der Waals surface area contributed by atoms with Crippen molar-refractivity contribution in [2.75, 3.05) is 0 Å². The second kappa shape index (κ2) is 3.95. The minimum absolute atomic E-state index is 0.202. The highest BCUT2D eigenvalue weighted by Gasteiger charge is 2.56. The molecular weight excluding hydrogens is 236 g/mol. The maximum Gasteiger partial charge on any atom is 0.260 e. The lowest BCUT2D eigenvalue weighted by molar-refractivity contribution is 0.0283. The molecule has 0 bridgehead atoms. The van der Waals surface area contributed by atoms with E-state index in [0.717, 1.165) is 0 Å². The summed E-state index contributed by atoms with van der Waals surface area (Å²) in [7, 11) is 0. The van der Waals surface area contributed by atoms with E-state index in [9.17, 15) is 13.9 Å². The SMILES string of the molecule is N[C@](c1ccccc1Cl)(C(F)F)C1CC1O. The van der Waals surface area contributed by atoms with E-state index < -0.39 is 24.0 Å². The van der Waals surface area contributed by atoms with Gasteiger partial charge in [0.05, 0.1) is 6.10 Å². The highest BCUT2D eigenvalue weighted by molar-refractivity contribution is 6.31. The normalized spacial score (nSPS) is 27.9. The van der Waals surface area contributed by atoms with Crippen molar-refractivity contribution in [3.05, 3.63) is 34.9 Å². The molecule has 16 heavy (non-hydrogen) atoms. The molecule has 0 heterocycles. The molecule has 88 valence electrons. The highest BCUT2D eigenvalue weighted by atomic mass is 35.5. The van der Waals surface area contributed by atoms with Crippen LogP contribution in [0.4, 0.5) is 8.78 Å². The molecule has 3 atom stereocenters. The molecule has 0 aliphatic heterocycles. The molecule has 1 saturated carbocycles. The van der Waals surface area contributed by atoms with Gasteiger partial charge in [-0.1, -0.05) is 29.8 Å². The van der Waals surface area contributed by atoms with Gasteiger partial charge in [0.25, 0.3) is 6.43 Å². The van der Waals surface area contributed by atoms with Crippen molar-refractivity contribution >= 4 is 11.6 Å². The molecule has 1 aliphatic carbocycles. The zero-order valence-corrected chi connectivity index (χ0v) is 9.16. The fourth-order valence-corrected chi connectivity index (χ4v) is 2.29. The predicted octanol–water partition coefficient (Wildman–Crippen LogP) is 2.14. The maximum absolute atomic E-state index is 13.1. The molecule has 0 saturated heterocycles. The first kappa shape index (κ1) is 11.8. The number of halogens is 3. The van der Waals surface area contributed by atoms with E-state index in [1.165, 1.54) is 12.1 Å². The van der Waals surface area contributed by atoms with Gasteiger partial charge in [-0.2, -0.15) is 0 Å². The van der Waals surface area contributed by atoms with Crippen LogP contribution < -0.4 is 5.73 Å². The summed E-state index contributed by atoms with van der Waals surface area (Å²) in [6, 6.07) is 6.27. The van der Waals surface area contributed by atoms with E-state index in [4.69, 9.17) is 17.3 Å². The van der Waals surface area contributed by atoms with Crippen LogP contribution in [0.5, 0.6) is 0 Å². The van der Waals surface area contributed by atoms with Crippen LogP contribution in [0, 0.1) is 5.92 Å². The second-order valence-corrected chi connectivity index (χ2v) is 4.53. The Morgan fingerprint density at radius 3 is 2.44 bits per heavy atom. The Morgan fingerprint density at radius 2 is 2.00 bits per heavy atom. The molecule has 1 fully saturated rings. The van der Waals surface area contributed by atoms with E-state index in [0.29, 0.717) is 6.42 Å². The van der Waals surface area contributed by atoms with Gasteiger partial charge in [0.1, 0.15) is 5.54 Å². The molecule has 5 heteroatoms. The standard InChI is InChI=1S/C11H12ClF2NO/c12-8-4-2-1-3-6(8)11(15,10(13)14)7-5-9(7)16/h1-4,7,9-10,16H,5,15H2/t7?,9?,11-/m0/s1. The second-order valence-electron chi connectivity index (χ2n) is 4.12. The van der Waals surface area contributed by atoms with E-state index >= 15 is 0 Å². The largest absolute Gasteiger partial charge is 0.393 e. The molecule has 2 rings (SSSR count). The van der Waals surface area contributed by atoms with E-state index in [1.54, 1.807) is 12.1 Å². The van der Waals surface area contributed by atoms with Gasteiger partial charge >= 0.3 is 0 Å². The number of aliphatic hydroxyl groups excluding tert-OH is 1. The average molecular weight is 248 g/mol. The van der Waals surface area contributed by atoms with Crippen LogP contribution in [-0.4, -0.2) is 17.6 Å². The summed E-state index contributed by atoms with van der Waals surface area (Å²) >= 11 is 5.88. The van der Waals surface area contributed by atoms with Gasteiger partial charge in [-0.3, -0.25) is 0 Å². The summed E-state index contributed by atoms with van der Waals surface area (Å²) < 4.78 is 26.2. The summed E-state index contributed by atoms with van der Waals surface area (Å²) in [5, 5.41) is 9.52. The molecule has 0 amide bonds. The summed E-state index contributed by atoms with van der Waals surface area (Å²) in [6.07, 6.45) is -3.21. The maximum atomic E-state index is 13.1. The van der Waals surface area contributed by atoms with Crippen molar-refractivity contribution in [3.8, 4) is 0 Å². The van der Waals surface area contributed by atoms with Crippen molar-refractivity contribution in [1.82, 2.24) is 0 Å². The highest BCUT2D eigenvalue weighted by Crippen LogP contribution is 2.49. The average Bonchev–Trinajstić information content (AvgIpc) is 2.95. The van der Waals surface area contributed by atoms with Gasteiger partial charge in [-0.25, -0.2) is 8.78 Å². The van der Waals surface area contributed by atoms with Gasteiger partial charge in [0.2, 0.25) is 0 Å². The van der Waals surface area contributed by atoms with E-state index in [-0.39, 0.29) is 10.6 Å². The fraction of sp³-hybridized carbons (Fsp3) is 0.455. The number of benzene rings is 1. The summed E-state index contributed by atoms with van der Waals surface area (Å²) in [5.41, 5.74) is 4.12. The third kappa shape index (κ3) is 1.71. The van der Waals surface area contributed by atoms with Crippen LogP contribution in [0.1, 0.15) is 12.0 Å². The Bertz CT molecular complexity index is 401. The summed E-state index contributed by atoms with van der Waals surface area (Å²) in [6.45, 7) is 0. The molecule has 2 unspecified atom stereocenters. The zero-order valence-electron chi connectivity index (χ0n) is 8.41. The molecule has 3 N–H and O–H groups in total. The lowest BCUT2D eigenvalue weighted by atomic mass is 9.86. The Balaban J connectivity index is 2.44. The summed E-state index contributed by atoms with van der Waals surface area (Å²) in [5.74, 6) is -0.618. The predicted molar refractivity (Wildman–Crippen MR) is 57.4 cm³/mol. The first-order valence-electron chi connectivity index (χ1n) is 4.98. The van der Waals surface area contributed by atoms with Crippen LogP contribution in [0.25, 0.3) is 0 Å². The first-order chi connectivity index (χ1) is 7.48. The minimum Gasteiger partial charge on any atom is -0.393 e. The zero-order chi connectivity index (χ0) is 11.9. The quantitative estimate of drug-likeness (QED) is 0.860. The summed E-state index contributed by atoms with van der Waals surface area (Å²) in [4.78, 5) is 0. The smallest absolute Gasteiger partial charge is 0.260 e. The molecule has 0 spiro atoms. The topological polar surface area (TPSA) is 46.2 Å². The van der Waals surface area contributed by atoms with E-state index in [1.807, 2.05) is 0 Å². The fourth-order valence-electron chi connectivity index (χ4n) is 1.99. The Hall–Kier alpha value is -0.710. The number of hydrogen-bond donors (Lipinski definition) is 2. The lowest BCUT2D eigenvalue weighted by Crippen LogP contribution is -2.47. The van der Waals surface area contributed by atoms with Gasteiger partial charge in [0, 0.05) is 10.9 Å². The third-order valence-corrected chi connectivity index (χ3v) is 3.40. The monoisotopic (exact) mass is 247 g/mol. The number of aliphatic hydroxyl groups is 1. The Labute approximate surface area is 97.0 Å². The molecule has 0 aromatic heterocycles. The number of hydrogen-bond acceptors (Lipinski definition) is 2. The van der Waals surface area contributed by atoms with Crippen molar-refractivity contribution < 1.29 is 13.9 Å². The van der Waals surface area contributed by atoms with Gasteiger partial charge < -0.3 is 10.8 Å². The molecule has 1 aromatic rings. The minimum atomic E-state index is -2.76. The van der Waals surface area contributed by atoms with Crippen molar-refractivity contribution in [3.63, 3.8) is 0 Å². The molecule has 1 aliphatic rings. The van der Waals surface area contributed by atoms with Crippen LogP contribution in [-0.2, 0) is 5.54 Å². The van der Waals surface area contributed by atoms with E-state index in [2.05, 4.69) is 0 Å². The van der Waals surface area contributed by atoms with Crippen molar-refractivity contribution in [2.45, 2.75) is 24.5 Å². The van der Waals surface area contributed by atoms with Crippen LogP contribution in [0.15, 0.2) is 24.3 Å². The van der Waals surface area contributed by atoms with Crippen LogP contribution in [0.3, 0.4) is 0 Å². The third-order valence-electron chi connectivity index (χ3n) is 3.07. The van der Waals surface area contributed by atoms with Crippen molar-refractivity contribution in [2.24, 2.45) is 11.7 Å². The van der Waals surface area contributed by atoms with Crippen LogP contribution in [0.2, 0.25) is 5.02 Å². The number of alkyl halides is 2. The number of nitrogens with two attached hydrogens (primary N) is 1. The Morgan fingerprint density at radius 1 is 1.44 bits per heavy atom. The number of rotatable bonds is 3. The molecular formula is C11H12ClF2NO. The van der Waals surface area contributed by atoms with Gasteiger partial charge in [0.15, 0.2) is 0 Å². The van der Waals surface area contributed by atoms with Gasteiger partial charge in [-0.15, -0.1) is 0 Å². The Kier molecular flexibility index (Phi) is 2.90. The first-order valence-corrected chi connectivity index (χ1v) is 5.35. The lowest BCUT2D eigenvalue weighted by Gasteiger charge is -2.30. The van der Waals surface area contributed by atoms with Gasteiger partial charge in [-0.05, 0) is 18.1 Å². The van der Waals surface area contributed by atoms with Crippen LogP contribution >= 0.6 is 11.6 Å². The van der Waals surface area contributed by atoms with Crippen molar-refractivity contribution in [1.29, 1.82) is 0 Å². The molecule has 2 nitrogen and oxygen atoms in total. The molecule has 0 radical (unpaired) electrons.